The van der Waals surface area contributed by atoms with Gasteiger partial charge in [0.25, 0.3) is 0 Å². The van der Waals surface area contributed by atoms with Gasteiger partial charge >= 0.3 is 6.01 Å². The molecule has 3 aliphatic rings. The molecule has 2 aromatic rings. The largest absolute Gasteiger partial charge is 0.463 e. The molecular formula is C22H27N5O3. The van der Waals surface area contributed by atoms with Crippen molar-refractivity contribution in [3.8, 4) is 6.01 Å². The Hall–Kier alpha value is -2.71. The van der Waals surface area contributed by atoms with E-state index in [1.165, 1.54) is 18.4 Å². The van der Waals surface area contributed by atoms with Gasteiger partial charge in [-0.2, -0.15) is 9.97 Å². The van der Waals surface area contributed by atoms with Gasteiger partial charge in [0.15, 0.2) is 0 Å². The lowest BCUT2D eigenvalue weighted by molar-refractivity contribution is -0.117. The van der Waals surface area contributed by atoms with E-state index in [1.807, 2.05) is 0 Å². The molecule has 1 saturated heterocycles. The van der Waals surface area contributed by atoms with Crippen LogP contribution in [0, 0.1) is 5.92 Å². The van der Waals surface area contributed by atoms with Crippen LogP contribution in [-0.4, -0.2) is 53.7 Å². The van der Waals surface area contributed by atoms with Crippen LogP contribution in [0.4, 0.5) is 11.6 Å². The number of ether oxygens (including phenoxy) is 2. The Morgan fingerprint density at radius 1 is 1.07 bits per heavy atom. The number of hydrogen-bond donors (Lipinski definition) is 1. The summed E-state index contributed by atoms with van der Waals surface area (Å²) in [6.07, 6.45) is 2.61. The molecular weight excluding hydrogens is 382 g/mol. The molecule has 8 nitrogen and oxygen atoms in total. The fourth-order valence-corrected chi connectivity index (χ4v) is 3.88. The predicted molar refractivity (Wildman–Crippen MR) is 112 cm³/mol. The second-order valence-electron chi connectivity index (χ2n) is 8.31. The molecule has 2 N–H and O–H groups in total. The van der Waals surface area contributed by atoms with E-state index in [2.05, 4.69) is 39.1 Å². The molecule has 0 radical (unpaired) electrons. The van der Waals surface area contributed by atoms with Crippen LogP contribution in [0.15, 0.2) is 24.3 Å². The molecule has 1 aromatic heterocycles. The summed E-state index contributed by atoms with van der Waals surface area (Å²) in [5.41, 5.74) is 9.11. The lowest BCUT2D eigenvalue weighted by atomic mass is 10.1. The van der Waals surface area contributed by atoms with Gasteiger partial charge in [-0.1, -0.05) is 24.3 Å². The number of amides is 1. The molecule has 2 fully saturated rings. The van der Waals surface area contributed by atoms with Crippen LogP contribution in [0.2, 0.25) is 0 Å². The van der Waals surface area contributed by atoms with Gasteiger partial charge in [-0.25, -0.2) is 0 Å². The smallest absolute Gasteiger partial charge is 0.320 e. The van der Waals surface area contributed by atoms with Gasteiger partial charge in [-0.3, -0.25) is 14.6 Å². The molecule has 1 saturated carbocycles. The van der Waals surface area contributed by atoms with Crippen LogP contribution < -0.4 is 15.4 Å². The summed E-state index contributed by atoms with van der Waals surface area (Å²) in [4.78, 5) is 25.5. The summed E-state index contributed by atoms with van der Waals surface area (Å²) in [7, 11) is 0. The molecule has 1 amide bonds. The summed E-state index contributed by atoms with van der Waals surface area (Å²) < 4.78 is 11.1. The number of nitrogens with zero attached hydrogens (tertiary/aromatic N) is 4. The maximum Gasteiger partial charge on any atom is 0.320 e. The summed E-state index contributed by atoms with van der Waals surface area (Å²) in [6.45, 7) is 5.51. The lowest BCUT2D eigenvalue weighted by Crippen LogP contribution is -2.35. The van der Waals surface area contributed by atoms with E-state index in [9.17, 15) is 4.79 Å². The minimum Gasteiger partial charge on any atom is -0.463 e. The van der Waals surface area contributed by atoms with Crippen LogP contribution in [0.25, 0.3) is 0 Å². The van der Waals surface area contributed by atoms with Crippen LogP contribution in [0.1, 0.15) is 29.5 Å². The number of morpholine rings is 1. The Morgan fingerprint density at radius 3 is 2.47 bits per heavy atom. The standard InChI is InChI=1S/C22H27N5O3/c23-20-18-11-19(28)27(21(18)25-22(24-20)30-14-17-5-6-17)13-16-3-1-15(2-4-16)12-26-7-9-29-10-8-26/h1-4,17H,5-14H2,(H2,23,24,25). The second kappa shape index (κ2) is 8.20. The highest BCUT2D eigenvalue weighted by Crippen LogP contribution is 2.34. The number of carbonyl (C=O) groups is 1. The highest BCUT2D eigenvalue weighted by atomic mass is 16.5. The third-order valence-corrected chi connectivity index (χ3v) is 5.90. The van der Waals surface area contributed by atoms with Gasteiger partial charge < -0.3 is 15.2 Å². The topological polar surface area (TPSA) is 93.8 Å². The Bertz CT molecular complexity index is 923. The van der Waals surface area contributed by atoms with Crippen LogP contribution in [0.3, 0.4) is 0 Å². The number of rotatable bonds is 7. The zero-order valence-corrected chi connectivity index (χ0v) is 17.0. The first-order valence-corrected chi connectivity index (χ1v) is 10.6. The van der Waals surface area contributed by atoms with Crippen LogP contribution in [-0.2, 0) is 29.0 Å². The highest BCUT2D eigenvalue weighted by Gasteiger charge is 2.32. The van der Waals surface area contributed by atoms with E-state index >= 15 is 0 Å². The molecule has 0 spiro atoms. The summed E-state index contributed by atoms with van der Waals surface area (Å²) in [5.74, 6) is 1.50. The second-order valence-corrected chi connectivity index (χ2v) is 8.31. The van der Waals surface area contributed by atoms with E-state index < -0.39 is 0 Å². The number of nitrogens with two attached hydrogens (primary N) is 1. The Balaban J connectivity index is 1.28. The number of carbonyl (C=O) groups excluding carboxylic acids is 1. The van der Waals surface area contributed by atoms with E-state index in [-0.39, 0.29) is 18.3 Å². The van der Waals surface area contributed by atoms with E-state index in [4.69, 9.17) is 15.2 Å². The maximum atomic E-state index is 12.6. The Morgan fingerprint density at radius 2 is 1.77 bits per heavy atom. The van der Waals surface area contributed by atoms with Crippen molar-refractivity contribution in [2.45, 2.75) is 32.4 Å². The molecule has 3 heterocycles. The number of benzene rings is 1. The average molecular weight is 409 g/mol. The molecule has 2 aliphatic heterocycles. The first kappa shape index (κ1) is 19.3. The molecule has 8 heteroatoms. The SMILES string of the molecule is Nc1nc(OCC2CC2)nc2c1CC(=O)N2Cc1ccc(CN2CCOCC2)cc1. The normalized spacial score (nSPS) is 19.2. The highest BCUT2D eigenvalue weighted by molar-refractivity contribution is 6.01. The minimum absolute atomic E-state index is 0.0114. The molecule has 158 valence electrons. The molecule has 1 aromatic carbocycles. The first-order valence-electron chi connectivity index (χ1n) is 10.6. The minimum atomic E-state index is -0.0114. The molecule has 0 unspecified atom stereocenters. The quantitative estimate of drug-likeness (QED) is 0.745. The average Bonchev–Trinajstić information content (AvgIpc) is 3.53. The molecule has 30 heavy (non-hydrogen) atoms. The van der Waals surface area contributed by atoms with Crippen LogP contribution in [0.5, 0.6) is 6.01 Å². The Labute approximate surface area is 176 Å². The van der Waals surface area contributed by atoms with Crippen molar-refractivity contribution in [1.82, 2.24) is 14.9 Å². The van der Waals surface area contributed by atoms with Crippen LogP contribution >= 0.6 is 0 Å². The zero-order chi connectivity index (χ0) is 20.5. The van der Waals surface area contributed by atoms with Crippen molar-refractivity contribution in [2.75, 3.05) is 43.5 Å². The summed E-state index contributed by atoms with van der Waals surface area (Å²) in [6, 6.07) is 8.68. The van der Waals surface area contributed by atoms with Gasteiger partial charge in [0, 0.05) is 25.2 Å². The fourth-order valence-electron chi connectivity index (χ4n) is 3.88. The monoisotopic (exact) mass is 409 g/mol. The van der Waals surface area contributed by atoms with E-state index in [0.717, 1.165) is 38.4 Å². The number of nitrogen functional groups attached to an aromatic ring is 1. The predicted octanol–water partition coefficient (Wildman–Crippen LogP) is 1.77. The molecule has 0 bridgehead atoms. The van der Waals surface area contributed by atoms with Gasteiger partial charge in [-0.05, 0) is 29.9 Å². The Kier molecular flexibility index (Phi) is 5.26. The van der Waals surface area contributed by atoms with Crippen molar-refractivity contribution in [3.63, 3.8) is 0 Å². The van der Waals surface area contributed by atoms with Crippen molar-refractivity contribution in [1.29, 1.82) is 0 Å². The maximum absolute atomic E-state index is 12.6. The molecule has 5 rings (SSSR count). The fraction of sp³-hybridized carbons (Fsp3) is 0.500. The number of anilines is 2. The van der Waals surface area contributed by atoms with Gasteiger partial charge in [-0.15, -0.1) is 0 Å². The van der Waals surface area contributed by atoms with E-state index in [0.29, 0.717) is 36.3 Å². The van der Waals surface area contributed by atoms with E-state index in [1.54, 1.807) is 4.90 Å². The summed E-state index contributed by atoms with van der Waals surface area (Å²) in [5, 5.41) is 0. The van der Waals surface area contributed by atoms with Crippen molar-refractivity contribution < 1.29 is 14.3 Å². The zero-order valence-electron chi connectivity index (χ0n) is 17.0. The number of aromatic nitrogens is 2. The van der Waals surface area contributed by atoms with Gasteiger partial charge in [0.2, 0.25) is 5.91 Å². The summed E-state index contributed by atoms with van der Waals surface area (Å²) >= 11 is 0. The van der Waals surface area contributed by atoms with Gasteiger partial charge in [0.1, 0.15) is 11.6 Å². The third-order valence-electron chi connectivity index (χ3n) is 5.90. The van der Waals surface area contributed by atoms with Crippen molar-refractivity contribution in [2.24, 2.45) is 5.92 Å². The third kappa shape index (κ3) is 4.24. The lowest BCUT2D eigenvalue weighted by Gasteiger charge is -2.26. The number of fused-ring (bicyclic) bond motifs is 1. The van der Waals surface area contributed by atoms with Gasteiger partial charge in [0.05, 0.1) is 32.8 Å². The number of hydrogen-bond acceptors (Lipinski definition) is 7. The molecule has 1 aliphatic carbocycles. The van der Waals surface area contributed by atoms with Crippen molar-refractivity contribution in [3.05, 3.63) is 41.0 Å². The first-order chi connectivity index (χ1) is 14.7. The van der Waals surface area contributed by atoms with Crippen molar-refractivity contribution >= 4 is 17.5 Å². The molecule has 0 atom stereocenters.